The van der Waals surface area contributed by atoms with Crippen molar-refractivity contribution in [1.82, 2.24) is 0 Å². The molecule has 0 aromatic carbocycles. The van der Waals surface area contributed by atoms with Crippen LogP contribution < -0.4 is 0 Å². The zero-order valence-corrected chi connectivity index (χ0v) is 7.16. The second-order valence-corrected chi connectivity index (χ2v) is 3.31. The number of carboxylic acids is 1. The van der Waals surface area contributed by atoms with Gasteiger partial charge in [-0.25, -0.2) is 4.79 Å². The predicted octanol–water partition coefficient (Wildman–Crippen LogP) is 1.18. The second kappa shape index (κ2) is 3.72. The van der Waals surface area contributed by atoms with Crippen molar-refractivity contribution < 1.29 is 15.0 Å². The van der Waals surface area contributed by atoms with Gasteiger partial charge < -0.3 is 10.2 Å². The van der Waals surface area contributed by atoms with Crippen LogP contribution in [0.5, 0.6) is 0 Å². The number of rotatable bonds is 2. The topological polar surface area (TPSA) is 57.5 Å². The summed E-state index contributed by atoms with van der Waals surface area (Å²) in [5.74, 6) is -0.577. The Bertz CT molecular complexity index is 206. The SMILES string of the molecule is CC(O)C1CC=C(C(=O)O)CC1. The van der Waals surface area contributed by atoms with Gasteiger partial charge in [0.1, 0.15) is 0 Å². The van der Waals surface area contributed by atoms with Gasteiger partial charge in [-0.15, -0.1) is 0 Å². The third kappa shape index (κ3) is 2.08. The fourth-order valence-electron chi connectivity index (χ4n) is 1.49. The third-order valence-corrected chi connectivity index (χ3v) is 2.41. The second-order valence-electron chi connectivity index (χ2n) is 3.31. The van der Waals surface area contributed by atoms with Crippen molar-refractivity contribution in [3.63, 3.8) is 0 Å². The summed E-state index contributed by atoms with van der Waals surface area (Å²) in [6.45, 7) is 1.75. The van der Waals surface area contributed by atoms with Gasteiger partial charge in [0.15, 0.2) is 0 Å². The number of aliphatic hydroxyl groups is 1. The first-order valence-corrected chi connectivity index (χ1v) is 4.21. The molecule has 0 amide bonds. The third-order valence-electron chi connectivity index (χ3n) is 2.41. The van der Waals surface area contributed by atoms with E-state index in [1.54, 1.807) is 13.0 Å². The number of carbonyl (C=O) groups is 1. The number of hydrogen-bond donors (Lipinski definition) is 2. The summed E-state index contributed by atoms with van der Waals surface area (Å²) < 4.78 is 0. The lowest BCUT2D eigenvalue weighted by Gasteiger charge is -2.22. The summed E-state index contributed by atoms with van der Waals surface area (Å²) in [4.78, 5) is 10.5. The summed E-state index contributed by atoms with van der Waals surface area (Å²) in [5, 5.41) is 17.9. The summed E-state index contributed by atoms with van der Waals surface area (Å²) in [5.41, 5.74) is 0.493. The maximum Gasteiger partial charge on any atom is 0.331 e. The van der Waals surface area contributed by atoms with Crippen molar-refractivity contribution >= 4 is 5.97 Å². The molecule has 0 bridgehead atoms. The average molecular weight is 170 g/mol. The molecule has 0 spiro atoms. The van der Waals surface area contributed by atoms with Crippen molar-refractivity contribution in [1.29, 1.82) is 0 Å². The van der Waals surface area contributed by atoms with Gasteiger partial charge in [0, 0.05) is 5.57 Å². The van der Waals surface area contributed by atoms with E-state index in [0.29, 0.717) is 18.4 Å². The number of carboxylic acid groups (broad SMARTS) is 1. The van der Waals surface area contributed by atoms with Gasteiger partial charge in [-0.05, 0) is 32.1 Å². The van der Waals surface area contributed by atoms with E-state index in [2.05, 4.69) is 0 Å². The molecule has 0 radical (unpaired) electrons. The first kappa shape index (κ1) is 9.26. The molecule has 0 aromatic heterocycles. The fourth-order valence-corrected chi connectivity index (χ4v) is 1.49. The van der Waals surface area contributed by atoms with Crippen LogP contribution in [0.2, 0.25) is 0 Å². The lowest BCUT2D eigenvalue weighted by atomic mass is 9.86. The predicted molar refractivity (Wildman–Crippen MR) is 44.7 cm³/mol. The Balaban J connectivity index is 2.53. The molecule has 0 heterocycles. The van der Waals surface area contributed by atoms with Crippen LogP contribution in [0.4, 0.5) is 0 Å². The van der Waals surface area contributed by atoms with E-state index in [1.165, 1.54) is 0 Å². The highest BCUT2D eigenvalue weighted by Gasteiger charge is 2.21. The van der Waals surface area contributed by atoms with Crippen molar-refractivity contribution in [2.24, 2.45) is 5.92 Å². The first-order valence-electron chi connectivity index (χ1n) is 4.21. The van der Waals surface area contributed by atoms with Gasteiger partial charge in [-0.2, -0.15) is 0 Å². The zero-order chi connectivity index (χ0) is 9.14. The molecule has 0 aromatic rings. The monoisotopic (exact) mass is 170 g/mol. The largest absolute Gasteiger partial charge is 0.478 e. The molecule has 2 N–H and O–H groups in total. The van der Waals surface area contributed by atoms with Gasteiger partial charge in [0.25, 0.3) is 0 Å². The van der Waals surface area contributed by atoms with Gasteiger partial charge in [0.05, 0.1) is 6.10 Å². The van der Waals surface area contributed by atoms with Crippen LogP contribution in [-0.2, 0) is 4.79 Å². The van der Waals surface area contributed by atoms with Gasteiger partial charge in [0.2, 0.25) is 0 Å². The molecule has 0 fully saturated rings. The smallest absolute Gasteiger partial charge is 0.331 e. The highest BCUT2D eigenvalue weighted by molar-refractivity contribution is 5.86. The molecule has 3 heteroatoms. The van der Waals surface area contributed by atoms with Crippen LogP contribution in [0.1, 0.15) is 26.2 Å². The van der Waals surface area contributed by atoms with Crippen LogP contribution in [0.25, 0.3) is 0 Å². The number of allylic oxidation sites excluding steroid dienone is 1. The standard InChI is InChI=1S/C9H14O3/c1-6(10)7-2-4-8(5-3-7)9(11)12/h4,6-7,10H,2-3,5H2,1H3,(H,11,12). The Morgan fingerprint density at radius 1 is 1.75 bits per heavy atom. The quantitative estimate of drug-likeness (QED) is 0.654. The maximum absolute atomic E-state index is 10.5. The highest BCUT2D eigenvalue weighted by Crippen LogP contribution is 2.25. The molecule has 1 aliphatic rings. The zero-order valence-electron chi connectivity index (χ0n) is 7.16. The van der Waals surface area contributed by atoms with Gasteiger partial charge in [-0.3, -0.25) is 0 Å². The van der Waals surface area contributed by atoms with Crippen LogP contribution in [0, 0.1) is 5.92 Å². The van der Waals surface area contributed by atoms with Crippen molar-refractivity contribution in [2.75, 3.05) is 0 Å². The Kier molecular flexibility index (Phi) is 2.87. The molecular weight excluding hydrogens is 156 g/mol. The maximum atomic E-state index is 10.5. The van der Waals surface area contributed by atoms with E-state index in [-0.39, 0.29) is 12.0 Å². The summed E-state index contributed by atoms with van der Waals surface area (Å²) >= 11 is 0. The van der Waals surface area contributed by atoms with Gasteiger partial charge >= 0.3 is 5.97 Å². The molecule has 0 saturated carbocycles. The lowest BCUT2D eigenvalue weighted by Crippen LogP contribution is -2.20. The molecular formula is C9H14O3. The number of aliphatic carboxylic acids is 1. The number of hydrogen-bond acceptors (Lipinski definition) is 2. The molecule has 0 saturated heterocycles. The Morgan fingerprint density at radius 3 is 2.75 bits per heavy atom. The normalized spacial score (nSPS) is 26.2. The first-order chi connectivity index (χ1) is 5.61. The molecule has 2 unspecified atom stereocenters. The van der Waals surface area contributed by atoms with Crippen LogP contribution >= 0.6 is 0 Å². The fraction of sp³-hybridized carbons (Fsp3) is 0.667. The molecule has 12 heavy (non-hydrogen) atoms. The minimum absolute atomic E-state index is 0.244. The van der Waals surface area contributed by atoms with Crippen molar-refractivity contribution in [3.05, 3.63) is 11.6 Å². The molecule has 1 rings (SSSR count). The summed E-state index contributed by atoms with van der Waals surface area (Å²) in [6, 6.07) is 0. The van der Waals surface area contributed by atoms with E-state index in [4.69, 9.17) is 5.11 Å². The van der Waals surface area contributed by atoms with E-state index in [1.807, 2.05) is 0 Å². The van der Waals surface area contributed by atoms with Crippen LogP contribution in [-0.4, -0.2) is 22.3 Å². The van der Waals surface area contributed by atoms with Crippen LogP contribution in [0.3, 0.4) is 0 Å². The summed E-state index contributed by atoms with van der Waals surface area (Å²) in [7, 11) is 0. The lowest BCUT2D eigenvalue weighted by molar-refractivity contribution is -0.133. The van der Waals surface area contributed by atoms with Crippen molar-refractivity contribution in [2.45, 2.75) is 32.3 Å². The molecule has 2 atom stereocenters. The highest BCUT2D eigenvalue weighted by atomic mass is 16.4. The van der Waals surface area contributed by atoms with E-state index in [0.717, 1.165) is 6.42 Å². The molecule has 1 aliphatic carbocycles. The van der Waals surface area contributed by atoms with Crippen LogP contribution in [0.15, 0.2) is 11.6 Å². The molecule has 0 aliphatic heterocycles. The average Bonchev–Trinajstić information content (AvgIpc) is 2.04. The summed E-state index contributed by atoms with van der Waals surface area (Å²) in [6.07, 6.45) is 3.47. The Labute approximate surface area is 71.7 Å². The molecule has 68 valence electrons. The van der Waals surface area contributed by atoms with Crippen molar-refractivity contribution in [3.8, 4) is 0 Å². The molecule has 3 nitrogen and oxygen atoms in total. The minimum atomic E-state index is -0.820. The van der Waals surface area contributed by atoms with E-state index < -0.39 is 5.97 Å². The minimum Gasteiger partial charge on any atom is -0.478 e. The number of aliphatic hydroxyl groups excluding tert-OH is 1. The Hall–Kier alpha value is -0.830. The van der Waals surface area contributed by atoms with E-state index in [9.17, 15) is 9.90 Å². The van der Waals surface area contributed by atoms with E-state index >= 15 is 0 Å². The Morgan fingerprint density at radius 2 is 2.42 bits per heavy atom. The van der Waals surface area contributed by atoms with Gasteiger partial charge in [-0.1, -0.05) is 6.08 Å².